The molecule has 0 radical (unpaired) electrons. The number of likely N-dealkylation sites (tertiary alicyclic amines) is 1. The zero-order valence-electron chi connectivity index (χ0n) is 13.9. The maximum atomic E-state index is 12.8. The van der Waals surface area contributed by atoms with Gasteiger partial charge in [0.2, 0.25) is 0 Å². The predicted molar refractivity (Wildman–Crippen MR) is 91.8 cm³/mol. The van der Waals surface area contributed by atoms with Crippen molar-refractivity contribution in [2.75, 3.05) is 19.7 Å². The molecule has 2 aromatic rings. The molecule has 0 N–H and O–H groups in total. The lowest BCUT2D eigenvalue weighted by atomic mass is 9.98. The maximum Gasteiger partial charge on any atom is 0.310 e. The Morgan fingerprint density at radius 1 is 1.46 bits per heavy atom. The molecule has 1 amide bonds. The van der Waals surface area contributed by atoms with Crippen LogP contribution in [-0.2, 0) is 16.6 Å². The summed E-state index contributed by atoms with van der Waals surface area (Å²) in [6.45, 7) is 3.24. The van der Waals surface area contributed by atoms with Crippen molar-refractivity contribution in [3.63, 3.8) is 0 Å². The minimum atomic E-state index is -0.229. The van der Waals surface area contributed by atoms with Gasteiger partial charge in [-0.2, -0.15) is 5.10 Å². The Bertz CT molecular complexity index is 724. The number of ether oxygens (including phenoxy) is 1. The summed E-state index contributed by atoms with van der Waals surface area (Å²) in [6, 6.07) is 5.77. The first-order chi connectivity index (χ1) is 11.6. The number of aromatic nitrogens is 2. The first-order valence-corrected chi connectivity index (χ1v) is 9.02. The van der Waals surface area contributed by atoms with Crippen LogP contribution in [-0.4, -0.2) is 46.3 Å². The molecule has 1 saturated heterocycles. The second-order valence-corrected chi connectivity index (χ2v) is 6.81. The van der Waals surface area contributed by atoms with Gasteiger partial charge < -0.3 is 9.64 Å². The van der Waals surface area contributed by atoms with E-state index >= 15 is 0 Å². The van der Waals surface area contributed by atoms with Crippen LogP contribution in [0.2, 0.25) is 0 Å². The highest BCUT2D eigenvalue weighted by atomic mass is 32.1. The Morgan fingerprint density at radius 3 is 3.00 bits per heavy atom. The van der Waals surface area contributed by atoms with E-state index in [0.717, 1.165) is 23.4 Å². The average molecular weight is 347 g/mol. The number of carbonyl (C=O) groups excluding carboxylic acids is 2. The molecule has 7 heteroatoms. The SMILES string of the molecule is CCOC(=O)[C@H]1CCCN(C(=O)c2cc(-c3cccs3)nn2C)C1. The summed E-state index contributed by atoms with van der Waals surface area (Å²) in [7, 11) is 1.77. The molecule has 3 rings (SSSR count). The Morgan fingerprint density at radius 2 is 2.29 bits per heavy atom. The number of piperidine rings is 1. The smallest absolute Gasteiger partial charge is 0.310 e. The number of carbonyl (C=O) groups is 2. The number of esters is 1. The minimum absolute atomic E-state index is 0.0817. The molecule has 0 spiro atoms. The van der Waals surface area contributed by atoms with Crippen molar-refractivity contribution in [1.82, 2.24) is 14.7 Å². The lowest BCUT2D eigenvalue weighted by Gasteiger charge is -2.31. The molecule has 1 fully saturated rings. The number of thiophene rings is 1. The number of nitrogens with zero attached hydrogens (tertiary/aromatic N) is 3. The van der Waals surface area contributed by atoms with Crippen LogP contribution in [0.25, 0.3) is 10.6 Å². The number of amides is 1. The highest BCUT2D eigenvalue weighted by Gasteiger charge is 2.31. The van der Waals surface area contributed by atoms with Gasteiger partial charge in [0.25, 0.3) is 5.91 Å². The van der Waals surface area contributed by atoms with E-state index in [-0.39, 0.29) is 17.8 Å². The molecule has 2 aromatic heterocycles. The van der Waals surface area contributed by atoms with Crippen LogP contribution in [0, 0.1) is 5.92 Å². The third kappa shape index (κ3) is 3.36. The van der Waals surface area contributed by atoms with E-state index in [2.05, 4.69) is 5.10 Å². The van der Waals surface area contributed by atoms with E-state index in [9.17, 15) is 9.59 Å². The lowest BCUT2D eigenvalue weighted by molar-refractivity contribution is -0.149. The van der Waals surface area contributed by atoms with Crippen molar-refractivity contribution in [3.05, 3.63) is 29.3 Å². The molecule has 0 unspecified atom stereocenters. The molecule has 0 aromatic carbocycles. The van der Waals surface area contributed by atoms with Crippen LogP contribution in [0.3, 0.4) is 0 Å². The summed E-state index contributed by atoms with van der Waals surface area (Å²) in [5, 5.41) is 6.43. The number of hydrogen-bond acceptors (Lipinski definition) is 5. The average Bonchev–Trinajstić information content (AvgIpc) is 3.24. The van der Waals surface area contributed by atoms with Crippen molar-refractivity contribution in [2.45, 2.75) is 19.8 Å². The van der Waals surface area contributed by atoms with Gasteiger partial charge in [0.15, 0.2) is 0 Å². The van der Waals surface area contributed by atoms with Crippen LogP contribution in [0.1, 0.15) is 30.3 Å². The van der Waals surface area contributed by atoms with E-state index in [4.69, 9.17) is 4.74 Å². The van der Waals surface area contributed by atoms with Gasteiger partial charge in [-0.05, 0) is 37.3 Å². The van der Waals surface area contributed by atoms with E-state index in [1.54, 1.807) is 34.9 Å². The third-order valence-corrected chi connectivity index (χ3v) is 5.09. The molecule has 128 valence electrons. The molecular formula is C17H21N3O3S. The normalized spacial score (nSPS) is 17.8. The quantitative estimate of drug-likeness (QED) is 0.798. The van der Waals surface area contributed by atoms with E-state index in [1.807, 2.05) is 23.6 Å². The monoisotopic (exact) mass is 347 g/mol. The van der Waals surface area contributed by atoms with E-state index in [0.29, 0.717) is 25.4 Å². The standard InChI is InChI=1S/C17H21N3O3S/c1-3-23-17(22)12-6-4-8-20(11-12)16(21)14-10-13(18-19(14)2)15-7-5-9-24-15/h5,7,9-10,12H,3-4,6,8,11H2,1-2H3/t12-/m0/s1. The van der Waals surface area contributed by atoms with Crippen LogP contribution in [0.15, 0.2) is 23.6 Å². The summed E-state index contributed by atoms with van der Waals surface area (Å²) in [6.07, 6.45) is 1.58. The maximum absolute atomic E-state index is 12.8. The Balaban J connectivity index is 1.75. The van der Waals surface area contributed by atoms with Gasteiger partial charge in [0.1, 0.15) is 11.4 Å². The van der Waals surface area contributed by atoms with Gasteiger partial charge in [-0.15, -0.1) is 11.3 Å². The van der Waals surface area contributed by atoms with Gasteiger partial charge in [-0.25, -0.2) is 0 Å². The fraction of sp³-hybridized carbons (Fsp3) is 0.471. The summed E-state index contributed by atoms with van der Waals surface area (Å²) < 4.78 is 6.72. The fourth-order valence-electron chi connectivity index (χ4n) is 2.99. The summed E-state index contributed by atoms with van der Waals surface area (Å²) in [5.41, 5.74) is 1.35. The van der Waals surface area contributed by atoms with Crippen LogP contribution >= 0.6 is 11.3 Å². The molecule has 3 heterocycles. The zero-order valence-corrected chi connectivity index (χ0v) is 14.7. The van der Waals surface area contributed by atoms with Crippen LogP contribution in [0.4, 0.5) is 0 Å². The summed E-state index contributed by atoms with van der Waals surface area (Å²) in [4.78, 5) is 27.6. The third-order valence-electron chi connectivity index (χ3n) is 4.20. The van der Waals surface area contributed by atoms with Gasteiger partial charge in [0, 0.05) is 20.1 Å². The molecule has 24 heavy (non-hydrogen) atoms. The molecule has 1 atom stereocenters. The van der Waals surface area contributed by atoms with Gasteiger partial charge in [0.05, 0.1) is 17.4 Å². The second kappa shape index (κ2) is 7.17. The van der Waals surface area contributed by atoms with Crippen molar-refractivity contribution >= 4 is 23.2 Å². The van der Waals surface area contributed by atoms with Gasteiger partial charge >= 0.3 is 5.97 Å². The number of hydrogen-bond donors (Lipinski definition) is 0. The summed E-state index contributed by atoms with van der Waals surface area (Å²) in [5.74, 6) is -0.520. The molecule has 6 nitrogen and oxygen atoms in total. The first-order valence-electron chi connectivity index (χ1n) is 8.14. The predicted octanol–water partition coefficient (Wildman–Crippen LogP) is 2.56. The largest absolute Gasteiger partial charge is 0.466 e. The highest BCUT2D eigenvalue weighted by Crippen LogP contribution is 2.25. The van der Waals surface area contributed by atoms with E-state index in [1.165, 1.54) is 0 Å². The van der Waals surface area contributed by atoms with Gasteiger partial charge in [-0.3, -0.25) is 14.3 Å². The first kappa shape index (κ1) is 16.7. The van der Waals surface area contributed by atoms with Crippen molar-refractivity contribution in [2.24, 2.45) is 13.0 Å². The van der Waals surface area contributed by atoms with Crippen molar-refractivity contribution in [3.8, 4) is 10.6 Å². The Kier molecular flexibility index (Phi) is 4.99. The zero-order chi connectivity index (χ0) is 17.1. The van der Waals surface area contributed by atoms with Crippen molar-refractivity contribution < 1.29 is 14.3 Å². The highest BCUT2D eigenvalue weighted by molar-refractivity contribution is 7.13. The topological polar surface area (TPSA) is 64.4 Å². The summed E-state index contributed by atoms with van der Waals surface area (Å²) >= 11 is 1.59. The fourth-order valence-corrected chi connectivity index (χ4v) is 3.67. The van der Waals surface area contributed by atoms with Gasteiger partial charge in [-0.1, -0.05) is 6.07 Å². The Labute approximate surface area is 145 Å². The minimum Gasteiger partial charge on any atom is -0.466 e. The Hall–Kier alpha value is -2.15. The molecule has 0 bridgehead atoms. The molecule has 1 aliphatic heterocycles. The molecule has 1 aliphatic rings. The number of aryl methyl sites for hydroxylation is 1. The molecule has 0 saturated carbocycles. The lowest BCUT2D eigenvalue weighted by Crippen LogP contribution is -2.43. The molecular weight excluding hydrogens is 326 g/mol. The van der Waals surface area contributed by atoms with Crippen molar-refractivity contribution in [1.29, 1.82) is 0 Å². The number of rotatable bonds is 4. The molecule has 0 aliphatic carbocycles. The van der Waals surface area contributed by atoms with Crippen LogP contribution < -0.4 is 0 Å². The van der Waals surface area contributed by atoms with Crippen LogP contribution in [0.5, 0.6) is 0 Å². The second-order valence-electron chi connectivity index (χ2n) is 5.86. The van der Waals surface area contributed by atoms with E-state index < -0.39 is 0 Å².